The minimum absolute atomic E-state index is 0.699. The van der Waals surface area contributed by atoms with Crippen LogP contribution in [0.3, 0.4) is 0 Å². The number of fused-ring (bicyclic) bond motifs is 1. The number of likely N-dealkylation sites (tertiary alicyclic amines) is 1. The monoisotopic (exact) mass is 447 g/mol. The molecule has 0 unspecified atom stereocenters. The summed E-state index contributed by atoms with van der Waals surface area (Å²) in [7, 11) is 1.99. The Morgan fingerprint density at radius 1 is 1.06 bits per heavy atom. The van der Waals surface area contributed by atoms with Crippen molar-refractivity contribution in [2.75, 3.05) is 26.2 Å². The van der Waals surface area contributed by atoms with Gasteiger partial charge in [0, 0.05) is 81.1 Å². The lowest BCUT2D eigenvalue weighted by atomic mass is 9.85. The van der Waals surface area contributed by atoms with Gasteiger partial charge < -0.3 is 9.84 Å². The molecule has 7 heteroatoms. The van der Waals surface area contributed by atoms with Gasteiger partial charge in [-0.05, 0) is 43.5 Å². The van der Waals surface area contributed by atoms with Gasteiger partial charge in [-0.3, -0.25) is 19.5 Å². The van der Waals surface area contributed by atoms with Crippen molar-refractivity contribution < 1.29 is 9.84 Å². The molecule has 2 aliphatic rings. The average Bonchev–Trinajstić information content (AvgIpc) is 3.02. The molecule has 1 saturated heterocycles. The van der Waals surface area contributed by atoms with Crippen molar-refractivity contribution in [2.24, 2.45) is 7.05 Å². The van der Waals surface area contributed by atoms with E-state index in [-0.39, 0.29) is 0 Å². The third-order valence-corrected chi connectivity index (χ3v) is 7.20. The summed E-state index contributed by atoms with van der Waals surface area (Å²) in [6, 6.07) is 10.5. The van der Waals surface area contributed by atoms with Crippen LogP contribution in [0, 0.1) is 6.92 Å². The summed E-state index contributed by atoms with van der Waals surface area (Å²) in [5.41, 5.74) is 5.18. The predicted octanol–water partition coefficient (Wildman–Crippen LogP) is 3.00. The van der Waals surface area contributed by atoms with Crippen LogP contribution in [0.5, 0.6) is 5.75 Å². The summed E-state index contributed by atoms with van der Waals surface area (Å²) in [5, 5.41) is 15.5. The smallest absolute Gasteiger partial charge is 0.123 e. The van der Waals surface area contributed by atoms with Gasteiger partial charge in [-0.15, -0.1) is 0 Å². The Kier molecular flexibility index (Phi) is 6.19. The van der Waals surface area contributed by atoms with Gasteiger partial charge in [0.25, 0.3) is 0 Å². The van der Waals surface area contributed by atoms with Crippen LogP contribution in [0.4, 0.5) is 0 Å². The van der Waals surface area contributed by atoms with E-state index >= 15 is 0 Å². The number of aryl methyl sites for hydroxylation is 1. The maximum absolute atomic E-state index is 11.1. The van der Waals surface area contributed by atoms with Gasteiger partial charge >= 0.3 is 0 Å². The van der Waals surface area contributed by atoms with Gasteiger partial charge in [-0.25, -0.2) is 0 Å². The largest absolute Gasteiger partial charge is 0.492 e. The molecule has 1 aromatic carbocycles. The standard InChI is InChI=1S/C26H33N5O2/c1-20-23(15-28-29(20)2)19-31-12-13-33-25-6-5-21(14-22(25)18-31)17-30-10-7-26(32,8-11-30)24-4-3-9-27-16-24/h3-6,9,14-16,32H,7-8,10-13,17-19H2,1-2H3. The first-order chi connectivity index (χ1) is 16.0. The van der Waals surface area contributed by atoms with E-state index in [1.807, 2.05) is 30.1 Å². The van der Waals surface area contributed by atoms with Crippen molar-refractivity contribution in [3.05, 3.63) is 76.9 Å². The van der Waals surface area contributed by atoms with Gasteiger partial charge in [0.05, 0.1) is 11.8 Å². The Bertz CT molecular complexity index is 1090. The molecule has 0 bridgehead atoms. The number of aromatic nitrogens is 3. The van der Waals surface area contributed by atoms with Crippen LogP contribution in [0.15, 0.2) is 48.9 Å². The highest BCUT2D eigenvalue weighted by Crippen LogP contribution is 2.33. The van der Waals surface area contributed by atoms with Crippen LogP contribution in [-0.2, 0) is 32.3 Å². The Balaban J connectivity index is 1.23. The van der Waals surface area contributed by atoms with Crippen molar-refractivity contribution in [1.82, 2.24) is 24.6 Å². The summed E-state index contributed by atoms with van der Waals surface area (Å²) in [6.07, 6.45) is 6.97. The Morgan fingerprint density at radius 2 is 1.91 bits per heavy atom. The second-order valence-electron chi connectivity index (χ2n) is 9.43. The third kappa shape index (κ3) is 4.81. The summed E-state index contributed by atoms with van der Waals surface area (Å²) < 4.78 is 7.99. The molecular weight excluding hydrogens is 414 g/mol. The molecule has 1 fully saturated rings. The van der Waals surface area contributed by atoms with Crippen molar-refractivity contribution in [3.63, 3.8) is 0 Å². The van der Waals surface area contributed by atoms with Gasteiger partial charge in [0.1, 0.15) is 12.4 Å². The molecule has 2 aliphatic heterocycles. The number of ether oxygens (including phenoxy) is 1. The Hall–Kier alpha value is -2.74. The number of benzene rings is 1. The van der Waals surface area contributed by atoms with Crippen LogP contribution >= 0.6 is 0 Å². The van der Waals surface area contributed by atoms with Crippen LogP contribution in [-0.4, -0.2) is 55.9 Å². The summed E-state index contributed by atoms with van der Waals surface area (Å²) >= 11 is 0. The molecule has 0 saturated carbocycles. The number of hydrogen-bond donors (Lipinski definition) is 1. The van der Waals surface area contributed by atoms with Crippen molar-refractivity contribution in [2.45, 2.75) is 45.0 Å². The van der Waals surface area contributed by atoms with E-state index in [2.05, 4.69) is 45.0 Å². The molecule has 4 heterocycles. The molecule has 0 amide bonds. The first-order valence-corrected chi connectivity index (χ1v) is 11.8. The Labute approximate surface area is 195 Å². The van der Waals surface area contributed by atoms with E-state index < -0.39 is 5.60 Å². The molecule has 0 aliphatic carbocycles. The van der Waals surface area contributed by atoms with E-state index in [9.17, 15) is 5.11 Å². The van der Waals surface area contributed by atoms with E-state index in [1.165, 1.54) is 22.4 Å². The zero-order valence-electron chi connectivity index (χ0n) is 19.6. The first-order valence-electron chi connectivity index (χ1n) is 11.8. The third-order valence-electron chi connectivity index (χ3n) is 7.20. The van der Waals surface area contributed by atoms with E-state index in [4.69, 9.17) is 4.74 Å². The highest BCUT2D eigenvalue weighted by atomic mass is 16.5. The topological polar surface area (TPSA) is 66.7 Å². The lowest BCUT2D eigenvalue weighted by molar-refractivity contribution is -0.0279. The van der Waals surface area contributed by atoms with E-state index in [1.54, 1.807) is 12.4 Å². The number of hydrogen-bond acceptors (Lipinski definition) is 6. The number of piperidine rings is 1. The molecule has 0 spiro atoms. The summed E-state index contributed by atoms with van der Waals surface area (Å²) in [4.78, 5) is 9.06. The Morgan fingerprint density at radius 3 is 2.64 bits per heavy atom. The second kappa shape index (κ2) is 9.25. The predicted molar refractivity (Wildman–Crippen MR) is 127 cm³/mol. The minimum Gasteiger partial charge on any atom is -0.492 e. The van der Waals surface area contributed by atoms with Crippen LogP contribution in [0.2, 0.25) is 0 Å². The zero-order valence-corrected chi connectivity index (χ0v) is 19.6. The second-order valence-corrected chi connectivity index (χ2v) is 9.43. The lowest BCUT2D eigenvalue weighted by Gasteiger charge is -2.38. The quantitative estimate of drug-likeness (QED) is 0.649. The number of nitrogens with zero attached hydrogens (tertiary/aromatic N) is 5. The van der Waals surface area contributed by atoms with E-state index in [0.29, 0.717) is 6.61 Å². The SMILES string of the molecule is Cc1c(CN2CCOc3ccc(CN4CCC(O)(c5cccnc5)CC4)cc3C2)cnn1C. The van der Waals surface area contributed by atoms with Crippen molar-refractivity contribution in [3.8, 4) is 5.75 Å². The molecule has 5 rings (SSSR count). The first kappa shape index (κ1) is 22.1. The molecule has 3 aromatic rings. The van der Waals surface area contributed by atoms with Crippen molar-refractivity contribution in [1.29, 1.82) is 0 Å². The minimum atomic E-state index is -0.767. The average molecular weight is 448 g/mol. The van der Waals surface area contributed by atoms with Crippen LogP contribution < -0.4 is 4.74 Å². The molecule has 7 nitrogen and oxygen atoms in total. The fourth-order valence-corrected chi connectivity index (χ4v) is 4.94. The number of aliphatic hydroxyl groups is 1. The fourth-order valence-electron chi connectivity index (χ4n) is 4.94. The lowest BCUT2D eigenvalue weighted by Crippen LogP contribution is -2.42. The zero-order chi connectivity index (χ0) is 22.8. The van der Waals surface area contributed by atoms with Crippen LogP contribution in [0.25, 0.3) is 0 Å². The van der Waals surface area contributed by atoms with Gasteiger partial charge in [0.15, 0.2) is 0 Å². The molecule has 0 atom stereocenters. The normalized spacial score (nSPS) is 19.0. The van der Waals surface area contributed by atoms with Crippen LogP contribution in [0.1, 0.15) is 40.8 Å². The maximum Gasteiger partial charge on any atom is 0.123 e. The molecule has 174 valence electrons. The highest BCUT2D eigenvalue weighted by molar-refractivity contribution is 5.38. The molecular formula is C26H33N5O2. The molecule has 1 N–H and O–H groups in total. The molecule has 33 heavy (non-hydrogen) atoms. The van der Waals surface area contributed by atoms with E-state index in [0.717, 1.165) is 63.4 Å². The highest BCUT2D eigenvalue weighted by Gasteiger charge is 2.34. The summed E-state index contributed by atoms with van der Waals surface area (Å²) in [6.45, 7) is 8.09. The van der Waals surface area contributed by atoms with Gasteiger partial charge in [0.2, 0.25) is 0 Å². The number of pyridine rings is 1. The van der Waals surface area contributed by atoms with Gasteiger partial charge in [-0.2, -0.15) is 5.10 Å². The number of rotatable bonds is 5. The van der Waals surface area contributed by atoms with Gasteiger partial charge in [-0.1, -0.05) is 12.1 Å². The summed E-state index contributed by atoms with van der Waals surface area (Å²) in [5.74, 6) is 0.994. The van der Waals surface area contributed by atoms with Crippen molar-refractivity contribution >= 4 is 0 Å². The maximum atomic E-state index is 11.1. The molecule has 0 radical (unpaired) electrons. The molecule has 2 aromatic heterocycles. The fraction of sp³-hybridized carbons (Fsp3) is 0.462.